The highest BCUT2D eigenvalue weighted by atomic mass is 16.5. The summed E-state index contributed by atoms with van der Waals surface area (Å²) in [5.41, 5.74) is 6.82. The zero-order valence-corrected chi connectivity index (χ0v) is 10.3. The number of hydrogen-bond donors (Lipinski definition) is 2. The van der Waals surface area contributed by atoms with Crippen LogP contribution in [0.2, 0.25) is 0 Å². The molecule has 0 bridgehead atoms. The number of oxime groups is 1. The molecule has 6 heteroatoms. The van der Waals surface area contributed by atoms with Crippen LogP contribution in [0.3, 0.4) is 0 Å². The molecule has 1 aromatic rings. The van der Waals surface area contributed by atoms with E-state index in [0.717, 1.165) is 12.2 Å². The van der Waals surface area contributed by atoms with Crippen LogP contribution < -0.4 is 10.6 Å². The Hall–Kier alpha value is -1.82. The van der Waals surface area contributed by atoms with Crippen LogP contribution in [0, 0.1) is 0 Å². The summed E-state index contributed by atoms with van der Waals surface area (Å²) in [6.07, 6.45) is 1.82. The summed E-state index contributed by atoms with van der Waals surface area (Å²) in [4.78, 5) is 6.13. The molecule has 1 atom stereocenters. The molecule has 1 aromatic heterocycles. The quantitative estimate of drug-likeness (QED) is 0.340. The van der Waals surface area contributed by atoms with Crippen molar-refractivity contribution in [3.63, 3.8) is 0 Å². The third-order valence-corrected chi connectivity index (χ3v) is 2.49. The van der Waals surface area contributed by atoms with Crippen molar-refractivity contribution in [1.29, 1.82) is 0 Å². The molecule has 0 aliphatic heterocycles. The second-order valence-electron chi connectivity index (χ2n) is 3.81. The fourth-order valence-corrected chi connectivity index (χ4v) is 1.38. The number of nitrogens with zero attached hydrogens (tertiary/aromatic N) is 3. The van der Waals surface area contributed by atoms with E-state index in [1.54, 1.807) is 19.4 Å². The number of nitrogens with two attached hydrogens (primary N) is 1. The van der Waals surface area contributed by atoms with Gasteiger partial charge in [-0.25, -0.2) is 0 Å². The normalized spacial score (nSPS) is 13.5. The van der Waals surface area contributed by atoms with Crippen LogP contribution in [0.25, 0.3) is 0 Å². The molecule has 1 unspecified atom stereocenters. The van der Waals surface area contributed by atoms with Gasteiger partial charge in [0.1, 0.15) is 5.69 Å². The number of methoxy groups -OCH3 is 1. The van der Waals surface area contributed by atoms with E-state index in [1.807, 2.05) is 24.9 Å². The van der Waals surface area contributed by atoms with Gasteiger partial charge < -0.3 is 20.6 Å². The van der Waals surface area contributed by atoms with E-state index in [0.29, 0.717) is 5.69 Å². The number of amidine groups is 1. The number of likely N-dealkylation sites (N-methyl/N-ethyl adjacent to an activating group) is 1. The lowest BCUT2D eigenvalue weighted by Crippen LogP contribution is -2.28. The molecule has 17 heavy (non-hydrogen) atoms. The Bertz CT molecular complexity index is 378. The van der Waals surface area contributed by atoms with Gasteiger partial charge in [-0.3, -0.25) is 4.98 Å². The fourth-order valence-electron chi connectivity index (χ4n) is 1.38. The van der Waals surface area contributed by atoms with Crippen LogP contribution in [0.1, 0.15) is 12.6 Å². The Labute approximate surface area is 101 Å². The minimum atomic E-state index is 0.00413. The first-order valence-electron chi connectivity index (χ1n) is 5.26. The molecule has 0 radical (unpaired) electrons. The number of anilines is 1. The van der Waals surface area contributed by atoms with E-state index in [-0.39, 0.29) is 11.9 Å². The van der Waals surface area contributed by atoms with Gasteiger partial charge in [0.15, 0.2) is 5.84 Å². The molecule has 6 nitrogen and oxygen atoms in total. The highest BCUT2D eigenvalue weighted by Gasteiger charge is 2.07. The molecule has 1 heterocycles. The molecule has 0 saturated carbocycles. The average Bonchev–Trinajstić information content (AvgIpc) is 2.37. The van der Waals surface area contributed by atoms with Gasteiger partial charge in [-0.2, -0.15) is 0 Å². The van der Waals surface area contributed by atoms with Crippen LogP contribution in [-0.4, -0.2) is 42.8 Å². The summed E-state index contributed by atoms with van der Waals surface area (Å²) < 4.78 is 5.19. The number of pyridine rings is 1. The van der Waals surface area contributed by atoms with Gasteiger partial charge in [0.05, 0.1) is 18.0 Å². The van der Waals surface area contributed by atoms with Crippen molar-refractivity contribution in [2.24, 2.45) is 10.9 Å². The minimum absolute atomic E-state index is 0.00413. The molecular weight excluding hydrogens is 220 g/mol. The minimum Gasteiger partial charge on any atom is -0.409 e. The zero-order valence-electron chi connectivity index (χ0n) is 10.3. The summed E-state index contributed by atoms with van der Waals surface area (Å²) in [5, 5.41) is 11.4. The molecule has 0 aliphatic rings. The van der Waals surface area contributed by atoms with Gasteiger partial charge in [0.25, 0.3) is 0 Å². The predicted octanol–water partition coefficient (Wildman–Crippen LogP) is 0.647. The largest absolute Gasteiger partial charge is 0.409 e. The first-order valence-corrected chi connectivity index (χ1v) is 5.26. The maximum absolute atomic E-state index is 8.51. The van der Waals surface area contributed by atoms with Crippen molar-refractivity contribution in [2.45, 2.75) is 13.0 Å². The van der Waals surface area contributed by atoms with Crippen molar-refractivity contribution in [3.8, 4) is 0 Å². The Kier molecular flexibility index (Phi) is 4.71. The lowest BCUT2D eigenvalue weighted by Gasteiger charge is -2.22. The molecule has 3 N–H and O–H groups in total. The van der Waals surface area contributed by atoms with Gasteiger partial charge >= 0.3 is 0 Å². The Morgan fingerprint density at radius 3 is 2.82 bits per heavy atom. The molecule has 0 aromatic carbocycles. The summed E-state index contributed by atoms with van der Waals surface area (Å²) in [6, 6.07) is 3.57. The Morgan fingerprint density at radius 2 is 2.35 bits per heavy atom. The smallest absolute Gasteiger partial charge is 0.188 e. The van der Waals surface area contributed by atoms with Crippen molar-refractivity contribution >= 4 is 11.5 Å². The fraction of sp³-hybridized carbons (Fsp3) is 0.455. The zero-order chi connectivity index (χ0) is 12.8. The van der Waals surface area contributed by atoms with Gasteiger partial charge in [-0.05, 0) is 19.1 Å². The maximum Gasteiger partial charge on any atom is 0.188 e. The van der Waals surface area contributed by atoms with Crippen LogP contribution in [-0.2, 0) is 4.74 Å². The number of hydrogen-bond acceptors (Lipinski definition) is 5. The van der Waals surface area contributed by atoms with E-state index in [9.17, 15) is 0 Å². The lowest BCUT2D eigenvalue weighted by atomic mass is 10.3. The monoisotopic (exact) mass is 238 g/mol. The van der Waals surface area contributed by atoms with Gasteiger partial charge in [0, 0.05) is 20.7 Å². The first kappa shape index (κ1) is 13.2. The van der Waals surface area contributed by atoms with Crippen LogP contribution in [0.15, 0.2) is 23.5 Å². The Balaban J connectivity index is 2.73. The highest BCUT2D eigenvalue weighted by Crippen LogP contribution is 2.12. The van der Waals surface area contributed by atoms with Gasteiger partial charge in [-0.1, -0.05) is 5.16 Å². The molecule has 0 spiro atoms. The molecular formula is C11H18N4O2. The van der Waals surface area contributed by atoms with Crippen LogP contribution >= 0.6 is 0 Å². The topological polar surface area (TPSA) is 84.0 Å². The van der Waals surface area contributed by atoms with Crippen molar-refractivity contribution in [2.75, 3.05) is 25.6 Å². The molecule has 0 aliphatic carbocycles. The number of aromatic nitrogens is 1. The summed E-state index contributed by atoms with van der Waals surface area (Å²) in [6.45, 7) is 2.76. The van der Waals surface area contributed by atoms with E-state index >= 15 is 0 Å². The van der Waals surface area contributed by atoms with Crippen molar-refractivity contribution < 1.29 is 9.94 Å². The van der Waals surface area contributed by atoms with Crippen LogP contribution in [0.4, 0.5) is 5.69 Å². The highest BCUT2D eigenvalue weighted by molar-refractivity contribution is 5.95. The predicted molar refractivity (Wildman–Crippen MR) is 66.5 cm³/mol. The maximum atomic E-state index is 8.51. The first-order chi connectivity index (χ1) is 8.08. The van der Waals surface area contributed by atoms with E-state index < -0.39 is 0 Å². The van der Waals surface area contributed by atoms with Crippen molar-refractivity contribution in [1.82, 2.24) is 4.98 Å². The number of rotatable bonds is 5. The van der Waals surface area contributed by atoms with Gasteiger partial charge in [-0.15, -0.1) is 0 Å². The molecule has 0 fully saturated rings. The van der Waals surface area contributed by atoms with E-state index in [1.165, 1.54) is 0 Å². The average molecular weight is 238 g/mol. The lowest BCUT2D eigenvalue weighted by molar-refractivity contribution is 0.124. The molecule has 0 saturated heterocycles. The van der Waals surface area contributed by atoms with E-state index in [4.69, 9.17) is 15.7 Å². The van der Waals surface area contributed by atoms with E-state index in [2.05, 4.69) is 10.1 Å². The SMILES string of the molecule is COC(C)CN(C)c1ccc(/C(N)=N/O)nc1. The third-order valence-electron chi connectivity index (χ3n) is 2.49. The molecule has 94 valence electrons. The van der Waals surface area contributed by atoms with Crippen LogP contribution in [0.5, 0.6) is 0 Å². The summed E-state index contributed by atoms with van der Waals surface area (Å²) in [5.74, 6) is 0.00413. The second-order valence-corrected chi connectivity index (χ2v) is 3.81. The third kappa shape index (κ3) is 3.60. The molecule has 1 rings (SSSR count). The van der Waals surface area contributed by atoms with Crippen molar-refractivity contribution in [3.05, 3.63) is 24.0 Å². The van der Waals surface area contributed by atoms with Gasteiger partial charge in [0.2, 0.25) is 0 Å². The summed E-state index contributed by atoms with van der Waals surface area (Å²) in [7, 11) is 3.63. The second kappa shape index (κ2) is 6.05. The number of ether oxygens (including phenoxy) is 1. The standard InChI is InChI=1S/C11H18N4O2/c1-8(17-3)7-15(2)9-4-5-10(13-6-9)11(12)14-16/h4-6,8,16H,7H2,1-3H3,(H2,12,14). The molecule has 0 amide bonds. The summed E-state index contributed by atoms with van der Waals surface area (Å²) >= 11 is 0. The Morgan fingerprint density at radius 1 is 1.65 bits per heavy atom.